The molecule has 9 atom stereocenters. The smallest absolute Gasteiger partial charge is 0.320 e. The van der Waals surface area contributed by atoms with Crippen molar-refractivity contribution in [2.75, 3.05) is 11.5 Å². The third kappa shape index (κ3) is 10.1. The highest BCUT2D eigenvalue weighted by Crippen LogP contribution is 2.59. The van der Waals surface area contributed by atoms with Crippen LogP contribution in [0.5, 0.6) is 0 Å². The molecule has 4 aliphatic rings. The quantitative estimate of drug-likeness (QED) is 0.149. The summed E-state index contributed by atoms with van der Waals surface area (Å²) >= 11 is 0. The minimum absolute atomic E-state index is 0.0838. The van der Waals surface area contributed by atoms with Crippen LogP contribution in [0.4, 0.5) is 0 Å². The van der Waals surface area contributed by atoms with E-state index in [1.54, 1.807) is 0 Å². The van der Waals surface area contributed by atoms with Gasteiger partial charge in [-0.25, -0.2) is 4.21 Å². The van der Waals surface area contributed by atoms with Gasteiger partial charge in [0, 0.05) is 27.7 Å². The van der Waals surface area contributed by atoms with Gasteiger partial charge in [-0.15, -0.1) is 0 Å². The Kier molecular flexibility index (Phi) is 13.5. The molecule has 0 aliphatic heterocycles. The lowest BCUT2D eigenvalue weighted by Crippen LogP contribution is -2.35. The molecule has 4 aliphatic carbocycles. The molecule has 250 valence electrons. The molecule has 7 N–H and O–H groups in total. The molecule has 0 aromatic rings. The van der Waals surface area contributed by atoms with Gasteiger partial charge in [0.1, 0.15) is 6.04 Å². The first-order valence-electron chi connectivity index (χ1n) is 16.7. The van der Waals surface area contributed by atoms with Crippen molar-refractivity contribution in [3.63, 3.8) is 0 Å². The summed E-state index contributed by atoms with van der Waals surface area (Å²) in [4.78, 5) is 10.4. The van der Waals surface area contributed by atoms with E-state index in [9.17, 15) is 24.3 Å². The Hall–Kier alpha value is -1.78. The van der Waals surface area contributed by atoms with Crippen LogP contribution in [0.3, 0.4) is 0 Å². The zero-order valence-electron chi connectivity index (χ0n) is 27.1. The van der Waals surface area contributed by atoms with Gasteiger partial charge in [-0.2, -0.15) is 0 Å². The molecule has 4 rings (SSSR count). The lowest BCUT2D eigenvalue weighted by molar-refractivity contribution is -0.138. The van der Waals surface area contributed by atoms with Gasteiger partial charge in [0.15, 0.2) is 0 Å². The molecular formula is C35H58N2O6S. The number of unbranched alkanes of at least 4 members (excludes halogenated alkanes) is 1. The molecule has 4 saturated carbocycles. The minimum Gasteiger partial charge on any atom is -0.480 e. The number of carboxylic acid groups (broad SMARTS) is 1. The summed E-state index contributed by atoms with van der Waals surface area (Å²) < 4.78 is 18.9. The van der Waals surface area contributed by atoms with Crippen molar-refractivity contribution in [3.05, 3.63) is 47.6 Å². The second-order valence-corrected chi connectivity index (χ2v) is 16.5. The number of hydrogen-bond acceptors (Lipinski definition) is 7. The van der Waals surface area contributed by atoms with Gasteiger partial charge in [-0.3, -0.25) is 9.57 Å². The minimum atomic E-state index is -2.62. The first-order valence-corrected chi connectivity index (χ1v) is 18.6. The van der Waals surface area contributed by atoms with Gasteiger partial charge in [0.05, 0.1) is 18.3 Å². The predicted molar refractivity (Wildman–Crippen MR) is 177 cm³/mol. The number of nitrogens with one attached hydrogen (secondary N) is 1. The van der Waals surface area contributed by atoms with Crippen LogP contribution in [0.25, 0.3) is 0 Å². The van der Waals surface area contributed by atoms with Crippen LogP contribution >= 0.6 is 0 Å². The van der Waals surface area contributed by atoms with Crippen LogP contribution in [0.2, 0.25) is 0 Å². The summed E-state index contributed by atoms with van der Waals surface area (Å²) in [6.07, 6.45) is 18.7. The van der Waals surface area contributed by atoms with Crippen LogP contribution in [-0.2, 0) is 14.5 Å². The van der Waals surface area contributed by atoms with Gasteiger partial charge in [-0.1, -0.05) is 63.6 Å². The van der Waals surface area contributed by atoms with E-state index in [1.807, 2.05) is 6.92 Å². The van der Waals surface area contributed by atoms with Crippen molar-refractivity contribution < 1.29 is 29.4 Å². The lowest BCUT2D eigenvalue weighted by Gasteiger charge is -2.44. The maximum Gasteiger partial charge on any atom is 0.320 e. The summed E-state index contributed by atoms with van der Waals surface area (Å²) in [6.45, 7) is 10.8. The Morgan fingerprint density at radius 2 is 1.89 bits per heavy atom. The fourth-order valence-electron chi connectivity index (χ4n) is 7.55. The fraction of sp³-hybridized carbons (Fsp3) is 0.743. The van der Waals surface area contributed by atoms with E-state index < -0.39 is 33.9 Å². The molecule has 0 spiro atoms. The number of aliphatic carboxylic acids is 1. The van der Waals surface area contributed by atoms with E-state index in [1.165, 1.54) is 44.1 Å². The van der Waals surface area contributed by atoms with Crippen LogP contribution in [0, 0.1) is 33.9 Å². The molecule has 0 aromatic carbocycles. The number of allylic oxidation sites excluding steroid dienone is 4. The van der Waals surface area contributed by atoms with Gasteiger partial charge in [-0.05, 0) is 104 Å². The van der Waals surface area contributed by atoms with E-state index in [-0.39, 0.29) is 18.3 Å². The monoisotopic (exact) mass is 634 g/mol. The number of carboxylic acids is 1. The van der Waals surface area contributed by atoms with Crippen molar-refractivity contribution in [3.8, 4) is 0 Å². The van der Waals surface area contributed by atoms with Crippen LogP contribution in [0.15, 0.2) is 47.6 Å². The summed E-state index contributed by atoms with van der Waals surface area (Å²) in [5.74, 6) is 1.60. The summed E-state index contributed by atoms with van der Waals surface area (Å²) in [5, 5.41) is 38.9. The fourth-order valence-corrected chi connectivity index (χ4v) is 9.14. The van der Waals surface area contributed by atoms with Crippen molar-refractivity contribution >= 4 is 15.7 Å². The highest BCUT2D eigenvalue weighted by molar-refractivity contribution is 7.92. The largest absolute Gasteiger partial charge is 0.480 e. The normalized spacial score (nSPS) is 34.2. The average molecular weight is 635 g/mol. The van der Waals surface area contributed by atoms with E-state index in [0.29, 0.717) is 47.7 Å². The van der Waals surface area contributed by atoms with E-state index in [2.05, 4.69) is 44.7 Å². The molecule has 0 amide bonds. The Morgan fingerprint density at radius 3 is 2.52 bits per heavy atom. The molecule has 4 fully saturated rings. The van der Waals surface area contributed by atoms with E-state index in [4.69, 9.17) is 15.6 Å². The molecule has 0 aromatic heterocycles. The maximum atomic E-state index is 11.5. The highest BCUT2D eigenvalue weighted by atomic mass is 32.2. The van der Waals surface area contributed by atoms with Crippen molar-refractivity contribution in [1.82, 2.24) is 0 Å². The number of aliphatic hydroxyl groups is 3. The topological polar surface area (TPSA) is 165 Å². The number of hydrogen-bond donors (Lipinski definition) is 6. The van der Waals surface area contributed by atoms with Gasteiger partial charge in [0.2, 0.25) is 0 Å². The molecular weight excluding hydrogens is 576 g/mol. The van der Waals surface area contributed by atoms with Crippen molar-refractivity contribution in [1.29, 1.82) is 4.78 Å². The Bertz CT molecular complexity index is 1190. The number of nitrogens with two attached hydrogens (primary N) is 1. The van der Waals surface area contributed by atoms with Crippen LogP contribution < -0.4 is 5.73 Å². The zero-order valence-corrected chi connectivity index (χ0v) is 27.9. The standard InChI is InChI=1S/C27H40O3.C8H18N2O3S/c1-17(6-13-25(29)20-8-9-20)23-11-12-24-19(5-4-14-27(23,24)3)7-10-21-15-22(28)16-26(30)18(21)2;1-2-3-5-14(10,13)6-4-7(9)8(11)12/h6-7,10,13,17,20,22-26,28-30H,2,4-5,8-9,11-12,14-16H2,1,3H3;7,10H,2-6,9H2,1H3,(H,11,12)/b13-6+,19-7+,21-10-;/t17-,22-,23-,24+,25-,26+,27-;/m1./s1. The molecule has 0 heterocycles. The Morgan fingerprint density at radius 1 is 1.18 bits per heavy atom. The van der Waals surface area contributed by atoms with E-state index in [0.717, 1.165) is 30.4 Å². The highest BCUT2D eigenvalue weighted by Gasteiger charge is 2.50. The molecule has 44 heavy (non-hydrogen) atoms. The number of fused-ring (bicyclic) bond motifs is 1. The van der Waals surface area contributed by atoms with Gasteiger partial charge >= 0.3 is 5.97 Å². The Balaban J connectivity index is 0.000000321. The number of rotatable bonds is 12. The summed E-state index contributed by atoms with van der Waals surface area (Å²) in [7, 11) is -2.62. The summed E-state index contributed by atoms with van der Waals surface area (Å²) in [6, 6.07) is -0.997. The lowest BCUT2D eigenvalue weighted by atomic mass is 9.61. The number of carbonyl (C=O) groups is 1. The second kappa shape index (κ2) is 16.2. The third-order valence-electron chi connectivity index (χ3n) is 10.6. The second-order valence-electron chi connectivity index (χ2n) is 14.0. The molecule has 0 bridgehead atoms. The van der Waals surface area contributed by atoms with Gasteiger partial charge in [0.25, 0.3) is 0 Å². The molecule has 0 radical (unpaired) electrons. The number of aliphatic hydroxyl groups excluding tert-OH is 3. The third-order valence-corrected chi connectivity index (χ3v) is 12.4. The van der Waals surface area contributed by atoms with Gasteiger partial charge < -0.3 is 26.2 Å². The first-order chi connectivity index (χ1) is 20.7. The zero-order chi connectivity index (χ0) is 32.7. The molecule has 2 unspecified atom stereocenters. The maximum absolute atomic E-state index is 11.5. The Labute approximate surface area is 265 Å². The predicted octanol–water partition coefficient (Wildman–Crippen LogP) is 5.73. The molecule has 8 nitrogen and oxygen atoms in total. The molecule has 0 saturated heterocycles. The summed E-state index contributed by atoms with van der Waals surface area (Å²) in [5.41, 5.74) is 8.87. The SMILES string of the molecule is C=C1/C(=C\C=C2/CCC[C@]3(C)[C@@H]([C@H](C)/C=C/[C@@H](O)C4CC4)CC[C@@H]23)C[C@@H](O)C[C@@H]1O.CCCCS(=N)(=O)CCC(N)C(=O)O. The van der Waals surface area contributed by atoms with Crippen molar-refractivity contribution in [2.45, 2.75) is 122 Å². The van der Waals surface area contributed by atoms with Crippen LogP contribution in [-0.4, -0.2) is 66.5 Å². The first kappa shape index (κ1) is 36.7. The van der Waals surface area contributed by atoms with Crippen LogP contribution in [0.1, 0.15) is 97.8 Å². The average Bonchev–Trinajstić information content (AvgIpc) is 3.76. The van der Waals surface area contributed by atoms with Crippen molar-refractivity contribution in [2.24, 2.45) is 34.8 Å². The van der Waals surface area contributed by atoms with E-state index >= 15 is 0 Å². The molecule has 9 heteroatoms.